The molecule has 0 fully saturated rings. The van der Waals surface area contributed by atoms with E-state index in [1.54, 1.807) is 14.2 Å². The van der Waals surface area contributed by atoms with E-state index in [-0.39, 0.29) is 0 Å². The van der Waals surface area contributed by atoms with Crippen molar-refractivity contribution >= 4 is 0 Å². The summed E-state index contributed by atoms with van der Waals surface area (Å²) in [6.45, 7) is 0. The van der Waals surface area contributed by atoms with Crippen molar-refractivity contribution in [1.82, 2.24) is 0 Å². The van der Waals surface area contributed by atoms with Gasteiger partial charge in [0.2, 0.25) is 0 Å². The topological polar surface area (TPSA) is 18.5 Å². The fourth-order valence-electron chi connectivity index (χ4n) is 3.17. The third-order valence-corrected chi connectivity index (χ3v) is 4.53. The number of ether oxygens (including phenoxy) is 2. The Bertz CT molecular complexity index is 779. The minimum Gasteiger partial charge on any atom is -0.497 e. The Hall–Kier alpha value is -2.74. The lowest BCUT2D eigenvalue weighted by Gasteiger charge is -2.19. The minimum atomic E-state index is 0.403. The third kappa shape index (κ3) is 4.63. The average Bonchev–Trinajstić information content (AvgIpc) is 2.68. The molecule has 0 heterocycles. The van der Waals surface area contributed by atoms with E-state index in [1.165, 1.54) is 16.7 Å². The van der Waals surface area contributed by atoms with Gasteiger partial charge < -0.3 is 9.47 Å². The van der Waals surface area contributed by atoms with Crippen LogP contribution < -0.4 is 9.47 Å². The van der Waals surface area contributed by atoms with Crippen molar-refractivity contribution in [3.05, 3.63) is 95.6 Å². The van der Waals surface area contributed by atoms with Crippen molar-refractivity contribution < 1.29 is 9.47 Å². The Morgan fingerprint density at radius 2 is 1.28 bits per heavy atom. The number of methoxy groups -OCH3 is 2. The van der Waals surface area contributed by atoms with Gasteiger partial charge in [0.1, 0.15) is 11.5 Å². The molecular weight excluding hydrogens is 308 g/mol. The molecule has 1 atom stereocenters. The number of hydrogen-bond acceptors (Lipinski definition) is 2. The molecule has 2 heteroatoms. The Morgan fingerprint density at radius 1 is 0.640 bits per heavy atom. The zero-order valence-corrected chi connectivity index (χ0v) is 14.8. The number of hydrogen-bond donors (Lipinski definition) is 0. The number of benzene rings is 3. The van der Waals surface area contributed by atoms with Gasteiger partial charge in [-0.05, 0) is 59.7 Å². The molecule has 0 radical (unpaired) electrons. The molecule has 3 aromatic carbocycles. The Kier molecular flexibility index (Phi) is 5.73. The van der Waals surface area contributed by atoms with Crippen LogP contribution in [-0.4, -0.2) is 14.2 Å². The zero-order chi connectivity index (χ0) is 17.5. The second kappa shape index (κ2) is 8.39. The van der Waals surface area contributed by atoms with Crippen molar-refractivity contribution in [2.24, 2.45) is 0 Å². The van der Waals surface area contributed by atoms with Crippen molar-refractivity contribution in [2.45, 2.75) is 18.8 Å². The van der Waals surface area contributed by atoms with Gasteiger partial charge in [-0.1, -0.05) is 54.6 Å². The zero-order valence-electron chi connectivity index (χ0n) is 14.8. The molecule has 0 amide bonds. The van der Waals surface area contributed by atoms with Crippen LogP contribution in [0, 0.1) is 0 Å². The van der Waals surface area contributed by atoms with Crippen LogP contribution in [0.5, 0.6) is 11.5 Å². The van der Waals surface area contributed by atoms with E-state index in [0.717, 1.165) is 24.3 Å². The highest BCUT2D eigenvalue weighted by molar-refractivity contribution is 5.34. The Morgan fingerprint density at radius 3 is 1.96 bits per heavy atom. The van der Waals surface area contributed by atoms with Crippen LogP contribution in [0.2, 0.25) is 0 Å². The van der Waals surface area contributed by atoms with Crippen molar-refractivity contribution in [1.29, 1.82) is 0 Å². The summed E-state index contributed by atoms with van der Waals surface area (Å²) < 4.78 is 10.7. The molecule has 0 aliphatic rings. The first kappa shape index (κ1) is 17.1. The maximum atomic E-state index is 5.37. The first-order valence-electron chi connectivity index (χ1n) is 8.59. The molecule has 2 nitrogen and oxygen atoms in total. The maximum absolute atomic E-state index is 5.37. The summed E-state index contributed by atoms with van der Waals surface area (Å²) in [5.41, 5.74) is 3.97. The van der Waals surface area contributed by atoms with Gasteiger partial charge in [-0.15, -0.1) is 0 Å². The maximum Gasteiger partial charge on any atom is 0.119 e. The van der Waals surface area contributed by atoms with Crippen LogP contribution in [0.4, 0.5) is 0 Å². The van der Waals surface area contributed by atoms with Crippen molar-refractivity contribution in [3.63, 3.8) is 0 Å². The molecule has 0 saturated heterocycles. The lowest BCUT2D eigenvalue weighted by molar-refractivity contribution is 0.414. The van der Waals surface area contributed by atoms with Crippen LogP contribution >= 0.6 is 0 Å². The monoisotopic (exact) mass is 332 g/mol. The molecule has 0 spiro atoms. The van der Waals surface area contributed by atoms with Crippen LogP contribution in [0.1, 0.15) is 22.6 Å². The molecule has 3 aromatic rings. The molecule has 0 aromatic heterocycles. The summed E-state index contributed by atoms with van der Waals surface area (Å²) >= 11 is 0. The van der Waals surface area contributed by atoms with Gasteiger partial charge in [-0.25, -0.2) is 0 Å². The summed E-state index contributed by atoms with van der Waals surface area (Å²) in [5, 5.41) is 0. The summed E-state index contributed by atoms with van der Waals surface area (Å²) in [5.74, 6) is 2.20. The van der Waals surface area contributed by atoms with Crippen LogP contribution in [-0.2, 0) is 12.8 Å². The van der Waals surface area contributed by atoms with Gasteiger partial charge in [0.05, 0.1) is 14.2 Å². The van der Waals surface area contributed by atoms with Gasteiger partial charge in [0.25, 0.3) is 0 Å². The lowest BCUT2D eigenvalue weighted by atomic mass is 9.86. The first-order valence-corrected chi connectivity index (χ1v) is 8.59. The normalized spacial score (nSPS) is 11.8. The van der Waals surface area contributed by atoms with E-state index >= 15 is 0 Å². The molecular formula is C23H24O2. The number of rotatable bonds is 7. The predicted octanol–water partition coefficient (Wildman–Crippen LogP) is 5.27. The summed E-state index contributed by atoms with van der Waals surface area (Å²) in [4.78, 5) is 0. The second-order valence-electron chi connectivity index (χ2n) is 6.22. The van der Waals surface area contributed by atoms with Crippen LogP contribution in [0.3, 0.4) is 0 Å². The largest absolute Gasteiger partial charge is 0.497 e. The highest BCUT2D eigenvalue weighted by Crippen LogP contribution is 2.28. The molecule has 0 saturated carbocycles. The SMILES string of the molecule is COc1ccc([C@H](Cc2ccccc2)Cc2cccc(OC)c2)cc1. The first-order chi connectivity index (χ1) is 12.3. The fourth-order valence-corrected chi connectivity index (χ4v) is 3.17. The molecule has 0 aliphatic heterocycles. The van der Waals surface area contributed by atoms with Gasteiger partial charge >= 0.3 is 0 Å². The van der Waals surface area contributed by atoms with E-state index in [9.17, 15) is 0 Å². The van der Waals surface area contributed by atoms with Crippen molar-refractivity contribution in [3.8, 4) is 11.5 Å². The summed E-state index contributed by atoms with van der Waals surface area (Å²) in [7, 11) is 3.41. The molecule has 3 rings (SSSR count). The standard InChI is InChI=1S/C23H24O2/c1-24-22-13-11-20(12-14-22)21(15-18-7-4-3-5-8-18)16-19-9-6-10-23(17-19)25-2/h3-14,17,21H,15-16H2,1-2H3/t21-/m1/s1. The fraction of sp³-hybridized carbons (Fsp3) is 0.217. The molecule has 0 unspecified atom stereocenters. The van der Waals surface area contributed by atoms with Gasteiger partial charge in [0.15, 0.2) is 0 Å². The Labute approximate surface area is 150 Å². The van der Waals surface area contributed by atoms with E-state index < -0.39 is 0 Å². The highest BCUT2D eigenvalue weighted by atomic mass is 16.5. The van der Waals surface area contributed by atoms with Gasteiger partial charge in [0, 0.05) is 0 Å². The molecule has 0 aliphatic carbocycles. The van der Waals surface area contributed by atoms with Crippen molar-refractivity contribution in [2.75, 3.05) is 14.2 Å². The van der Waals surface area contributed by atoms with E-state index in [2.05, 4.69) is 60.7 Å². The molecule has 25 heavy (non-hydrogen) atoms. The Balaban J connectivity index is 1.87. The minimum absolute atomic E-state index is 0.403. The lowest BCUT2D eigenvalue weighted by Crippen LogP contribution is -2.07. The second-order valence-corrected chi connectivity index (χ2v) is 6.22. The van der Waals surface area contributed by atoms with Crippen LogP contribution in [0.25, 0.3) is 0 Å². The van der Waals surface area contributed by atoms with Crippen LogP contribution in [0.15, 0.2) is 78.9 Å². The molecule has 0 N–H and O–H groups in total. The summed E-state index contributed by atoms with van der Waals surface area (Å²) in [6.07, 6.45) is 1.98. The smallest absolute Gasteiger partial charge is 0.119 e. The van der Waals surface area contributed by atoms with Gasteiger partial charge in [-0.2, -0.15) is 0 Å². The summed E-state index contributed by atoms with van der Waals surface area (Å²) in [6, 6.07) is 27.4. The average molecular weight is 332 g/mol. The predicted molar refractivity (Wildman–Crippen MR) is 103 cm³/mol. The van der Waals surface area contributed by atoms with E-state index in [4.69, 9.17) is 9.47 Å². The van der Waals surface area contributed by atoms with E-state index in [0.29, 0.717) is 5.92 Å². The molecule has 0 bridgehead atoms. The van der Waals surface area contributed by atoms with Gasteiger partial charge in [-0.3, -0.25) is 0 Å². The third-order valence-electron chi connectivity index (χ3n) is 4.53. The van der Waals surface area contributed by atoms with E-state index in [1.807, 2.05) is 18.2 Å². The quantitative estimate of drug-likeness (QED) is 0.586. The molecule has 128 valence electrons. The highest BCUT2D eigenvalue weighted by Gasteiger charge is 2.14.